The van der Waals surface area contributed by atoms with Crippen LogP contribution in [0.5, 0.6) is 0 Å². The zero-order valence-electron chi connectivity index (χ0n) is 15.2. The molecule has 2 heterocycles. The summed E-state index contributed by atoms with van der Waals surface area (Å²) in [6, 6.07) is 13.2. The van der Waals surface area contributed by atoms with Crippen LogP contribution < -0.4 is 5.32 Å². The Labute approximate surface area is 166 Å². The molecule has 1 aliphatic carbocycles. The molecular weight excluding hydrogens is 372 g/mol. The number of para-hydroxylation sites is 1. The molecule has 1 aromatic carbocycles. The Balaban J connectivity index is 1.53. The third-order valence-corrected chi connectivity index (χ3v) is 5.53. The van der Waals surface area contributed by atoms with E-state index in [4.69, 9.17) is 0 Å². The predicted molar refractivity (Wildman–Crippen MR) is 107 cm³/mol. The second-order valence-electron chi connectivity index (χ2n) is 6.55. The maximum atomic E-state index is 12.7. The average molecular weight is 390 g/mol. The molecule has 0 aliphatic heterocycles. The monoisotopic (exact) mass is 390 g/mol. The Hall–Kier alpha value is -3.18. The van der Waals surface area contributed by atoms with E-state index in [1.54, 1.807) is 36.7 Å². The van der Waals surface area contributed by atoms with Gasteiger partial charge in [0.1, 0.15) is 6.07 Å². The van der Waals surface area contributed by atoms with Gasteiger partial charge in [-0.15, -0.1) is 10.2 Å². The molecule has 4 rings (SSSR count). The first-order chi connectivity index (χ1) is 13.7. The van der Waals surface area contributed by atoms with Crippen molar-refractivity contribution >= 4 is 23.4 Å². The second-order valence-corrected chi connectivity index (χ2v) is 7.86. The minimum absolute atomic E-state index is 0.177. The van der Waals surface area contributed by atoms with Gasteiger partial charge in [-0.05, 0) is 44.0 Å². The first-order valence-electron chi connectivity index (χ1n) is 8.99. The van der Waals surface area contributed by atoms with Gasteiger partial charge in [-0.25, -0.2) is 0 Å². The number of nitriles is 1. The summed E-state index contributed by atoms with van der Waals surface area (Å²) < 4.78 is 2.12. The average Bonchev–Trinajstić information content (AvgIpc) is 3.49. The van der Waals surface area contributed by atoms with Gasteiger partial charge in [0.25, 0.3) is 0 Å². The second kappa shape index (κ2) is 7.82. The Morgan fingerprint density at radius 3 is 2.71 bits per heavy atom. The van der Waals surface area contributed by atoms with Crippen LogP contribution in [0.1, 0.15) is 31.4 Å². The van der Waals surface area contributed by atoms with Crippen molar-refractivity contribution in [1.29, 1.82) is 5.26 Å². The summed E-state index contributed by atoms with van der Waals surface area (Å²) in [7, 11) is 0. The van der Waals surface area contributed by atoms with Gasteiger partial charge in [0, 0.05) is 24.0 Å². The summed E-state index contributed by atoms with van der Waals surface area (Å²) >= 11 is 1.37. The molecule has 0 unspecified atom stereocenters. The van der Waals surface area contributed by atoms with E-state index < -0.39 is 5.25 Å². The lowest BCUT2D eigenvalue weighted by Gasteiger charge is -2.14. The molecule has 2 aromatic heterocycles. The van der Waals surface area contributed by atoms with Crippen molar-refractivity contribution in [2.45, 2.75) is 36.2 Å². The van der Waals surface area contributed by atoms with Crippen molar-refractivity contribution < 1.29 is 4.79 Å². The molecule has 28 heavy (non-hydrogen) atoms. The summed E-state index contributed by atoms with van der Waals surface area (Å²) in [5, 5.41) is 21.1. The Morgan fingerprint density at radius 2 is 2.00 bits per heavy atom. The smallest absolute Gasteiger partial charge is 0.237 e. The summed E-state index contributed by atoms with van der Waals surface area (Å²) in [5.74, 6) is 0.623. The van der Waals surface area contributed by atoms with Crippen LogP contribution >= 0.6 is 11.8 Å². The van der Waals surface area contributed by atoms with Crippen LogP contribution in [0, 0.1) is 11.3 Å². The van der Waals surface area contributed by atoms with E-state index >= 15 is 0 Å². The molecule has 1 N–H and O–H groups in total. The number of carbonyl (C=O) groups excluding carboxylic acids is 1. The zero-order chi connectivity index (χ0) is 19.5. The summed E-state index contributed by atoms with van der Waals surface area (Å²) in [5.41, 5.74) is 1.92. The van der Waals surface area contributed by atoms with Gasteiger partial charge < -0.3 is 5.32 Å². The fraction of sp³-hybridized carbons (Fsp3) is 0.250. The van der Waals surface area contributed by atoms with Gasteiger partial charge in [0.2, 0.25) is 5.91 Å². The van der Waals surface area contributed by atoms with E-state index in [0.29, 0.717) is 17.3 Å². The zero-order valence-corrected chi connectivity index (χ0v) is 16.1. The van der Waals surface area contributed by atoms with Crippen molar-refractivity contribution in [1.82, 2.24) is 19.7 Å². The van der Waals surface area contributed by atoms with Crippen molar-refractivity contribution in [3.05, 3.63) is 54.4 Å². The normalized spacial score (nSPS) is 14.3. The third-order valence-electron chi connectivity index (χ3n) is 4.47. The highest BCUT2D eigenvalue weighted by molar-refractivity contribution is 8.00. The molecule has 1 saturated carbocycles. The standard InChI is InChI=1S/C20H18N6OS/c1-13(19(27)23-17-5-3-2-4-15(17)12-21)28-20-25-24-18(26(20)16-6-7-16)14-8-10-22-11-9-14/h2-5,8-11,13,16H,6-7H2,1H3,(H,23,27)/t13-/m1/s1. The molecule has 140 valence electrons. The molecule has 1 aliphatic rings. The minimum Gasteiger partial charge on any atom is -0.324 e. The number of anilines is 1. The van der Waals surface area contributed by atoms with E-state index in [1.807, 2.05) is 19.1 Å². The number of benzene rings is 1. The Morgan fingerprint density at radius 1 is 1.25 bits per heavy atom. The summed E-state index contributed by atoms with van der Waals surface area (Å²) in [6.45, 7) is 1.83. The van der Waals surface area contributed by atoms with Gasteiger partial charge in [0.15, 0.2) is 11.0 Å². The molecule has 8 heteroatoms. The number of pyridine rings is 1. The number of amides is 1. The SMILES string of the molecule is C[C@@H](Sc1nnc(-c2ccncc2)n1C1CC1)C(=O)Nc1ccccc1C#N. The molecule has 1 atom stereocenters. The van der Waals surface area contributed by atoms with E-state index in [0.717, 1.165) is 29.4 Å². The number of nitrogens with one attached hydrogen (secondary N) is 1. The molecule has 1 amide bonds. The molecule has 0 bridgehead atoms. The number of thioether (sulfide) groups is 1. The van der Waals surface area contributed by atoms with Gasteiger partial charge in [-0.3, -0.25) is 14.3 Å². The molecule has 3 aromatic rings. The highest BCUT2D eigenvalue weighted by atomic mass is 32.2. The lowest BCUT2D eigenvalue weighted by Crippen LogP contribution is -2.23. The van der Waals surface area contributed by atoms with Crippen LogP contribution in [0.3, 0.4) is 0 Å². The number of carbonyl (C=O) groups is 1. The fourth-order valence-corrected chi connectivity index (χ4v) is 3.77. The molecular formula is C20H18N6OS. The number of rotatable bonds is 6. The quantitative estimate of drug-likeness (QED) is 0.645. The number of hydrogen-bond acceptors (Lipinski definition) is 6. The fourth-order valence-electron chi connectivity index (χ4n) is 2.85. The van der Waals surface area contributed by atoms with Crippen molar-refractivity contribution in [3.63, 3.8) is 0 Å². The largest absolute Gasteiger partial charge is 0.324 e. The van der Waals surface area contributed by atoms with Crippen LogP contribution in [0.25, 0.3) is 11.4 Å². The highest BCUT2D eigenvalue weighted by Crippen LogP contribution is 2.41. The van der Waals surface area contributed by atoms with Crippen LogP contribution in [-0.4, -0.2) is 30.9 Å². The van der Waals surface area contributed by atoms with E-state index in [2.05, 4.69) is 31.1 Å². The van der Waals surface area contributed by atoms with Crippen LogP contribution in [0.15, 0.2) is 53.9 Å². The van der Waals surface area contributed by atoms with Crippen LogP contribution in [-0.2, 0) is 4.79 Å². The summed E-state index contributed by atoms with van der Waals surface area (Å²) in [4.78, 5) is 16.7. The predicted octanol–water partition coefficient (Wildman–Crippen LogP) is 3.67. The van der Waals surface area contributed by atoms with E-state index in [1.165, 1.54) is 11.8 Å². The lowest BCUT2D eigenvalue weighted by molar-refractivity contribution is -0.115. The Bertz CT molecular complexity index is 1040. The topological polar surface area (TPSA) is 96.5 Å². The van der Waals surface area contributed by atoms with Crippen LogP contribution in [0.2, 0.25) is 0 Å². The number of hydrogen-bond donors (Lipinski definition) is 1. The third kappa shape index (κ3) is 3.75. The summed E-state index contributed by atoms with van der Waals surface area (Å²) in [6.07, 6.45) is 5.63. The Kier molecular flexibility index (Phi) is 5.08. The molecule has 1 fully saturated rings. The first kappa shape index (κ1) is 18.2. The number of aromatic nitrogens is 4. The van der Waals surface area contributed by atoms with Crippen molar-refractivity contribution in [2.24, 2.45) is 0 Å². The molecule has 0 saturated heterocycles. The number of nitrogens with zero attached hydrogens (tertiary/aromatic N) is 5. The lowest BCUT2D eigenvalue weighted by atomic mass is 10.2. The van der Waals surface area contributed by atoms with Gasteiger partial charge in [-0.2, -0.15) is 5.26 Å². The highest BCUT2D eigenvalue weighted by Gasteiger charge is 2.31. The van der Waals surface area contributed by atoms with E-state index in [-0.39, 0.29) is 5.91 Å². The van der Waals surface area contributed by atoms with Crippen LogP contribution in [0.4, 0.5) is 5.69 Å². The molecule has 7 nitrogen and oxygen atoms in total. The van der Waals surface area contributed by atoms with Gasteiger partial charge >= 0.3 is 0 Å². The van der Waals surface area contributed by atoms with E-state index in [9.17, 15) is 10.1 Å². The molecule has 0 spiro atoms. The maximum Gasteiger partial charge on any atom is 0.237 e. The van der Waals surface area contributed by atoms with Crippen molar-refractivity contribution in [3.8, 4) is 17.5 Å². The van der Waals surface area contributed by atoms with Gasteiger partial charge in [0.05, 0.1) is 16.5 Å². The minimum atomic E-state index is -0.390. The van der Waals surface area contributed by atoms with Crippen molar-refractivity contribution in [2.75, 3.05) is 5.32 Å². The molecule has 0 radical (unpaired) electrons. The first-order valence-corrected chi connectivity index (χ1v) is 9.87. The van der Waals surface area contributed by atoms with Gasteiger partial charge in [-0.1, -0.05) is 23.9 Å². The maximum absolute atomic E-state index is 12.7.